The molecule has 0 aliphatic heterocycles. The molecule has 0 amide bonds. The molecule has 20 heavy (non-hydrogen) atoms. The van der Waals surface area contributed by atoms with Crippen LogP contribution in [-0.4, -0.2) is 19.5 Å². The molecule has 2 N–H and O–H groups in total. The standard InChI is InChI=1S/C12H13NO5S2/c1-7-5-8(2)19-12(7)20(16,17)13-6-10-9(11(14)15)3-4-18-10/h3-5,13H,6H2,1-2H3,(H,14,15). The van der Waals surface area contributed by atoms with Crippen molar-refractivity contribution in [1.29, 1.82) is 0 Å². The van der Waals surface area contributed by atoms with E-state index in [-0.39, 0.29) is 22.1 Å². The minimum absolute atomic E-state index is 0.0493. The molecule has 0 fully saturated rings. The molecule has 0 aromatic carbocycles. The Morgan fingerprint density at radius 2 is 2.15 bits per heavy atom. The molecule has 108 valence electrons. The summed E-state index contributed by atoms with van der Waals surface area (Å²) in [6, 6.07) is 3.07. The van der Waals surface area contributed by atoms with Crippen LogP contribution in [0.1, 0.15) is 26.6 Å². The maximum absolute atomic E-state index is 12.2. The Morgan fingerprint density at radius 1 is 1.45 bits per heavy atom. The first-order valence-corrected chi connectivity index (χ1v) is 7.97. The highest BCUT2D eigenvalue weighted by Crippen LogP contribution is 2.26. The van der Waals surface area contributed by atoms with Gasteiger partial charge >= 0.3 is 5.97 Å². The van der Waals surface area contributed by atoms with Gasteiger partial charge in [0.05, 0.1) is 12.8 Å². The van der Waals surface area contributed by atoms with Crippen molar-refractivity contribution < 1.29 is 22.7 Å². The van der Waals surface area contributed by atoms with Gasteiger partial charge in [0.25, 0.3) is 10.0 Å². The summed E-state index contributed by atoms with van der Waals surface area (Å²) in [5, 5.41) is 8.91. The zero-order valence-electron chi connectivity index (χ0n) is 10.8. The molecule has 2 aromatic heterocycles. The second-order valence-corrected chi connectivity index (χ2v) is 7.43. The number of aryl methyl sites for hydroxylation is 2. The highest BCUT2D eigenvalue weighted by Gasteiger charge is 2.21. The van der Waals surface area contributed by atoms with Crippen LogP contribution in [0.4, 0.5) is 0 Å². The lowest BCUT2D eigenvalue weighted by molar-refractivity contribution is 0.0694. The Morgan fingerprint density at radius 3 is 2.70 bits per heavy atom. The van der Waals surface area contributed by atoms with Gasteiger partial charge in [-0.15, -0.1) is 11.3 Å². The first-order valence-electron chi connectivity index (χ1n) is 5.67. The number of hydrogen-bond acceptors (Lipinski definition) is 5. The summed E-state index contributed by atoms with van der Waals surface area (Å²) >= 11 is 1.17. The van der Waals surface area contributed by atoms with Crippen LogP contribution in [0, 0.1) is 13.8 Å². The van der Waals surface area contributed by atoms with E-state index < -0.39 is 16.0 Å². The Kier molecular flexibility index (Phi) is 3.98. The second-order valence-electron chi connectivity index (χ2n) is 4.21. The molecule has 2 rings (SSSR count). The number of nitrogens with one attached hydrogen (secondary N) is 1. The van der Waals surface area contributed by atoms with E-state index in [9.17, 15) is 13.2 Å². The van der Waals surface area contributed by atoms with Crippen molar-refractivity contribution in [3.05, 3.63) is 40.2 Å². The van der Waals surface area contributed by atoms with Gasteiger partial charge in [-0.1, -0.05) is 0 Å². The molecule has 0 bridgehead atoms. The van der Waals surface area contributed by atoms with Gasteiger partial charge in [-0.25, -0.2) is 17.9 Å². The largest absolute Gasteiger partial charge is 0.478 e. The van der Waals surface area contributed by atoms with Crippen molar-refractivity contribution in [3.8, 4) is 0 Å². The van der Waals surface area contributed by atoms with Gasteiger partial charge in [-0.05, 0) is 31.5 Å². The Labute approximate surface area is 120 Å². The zero-order chi connectivity index (χ0) is 14.9. The van der Waals surface area contributed by atoms with Gasteiger partial charge in [0, 0.05) is 4.88 Å². The van der Waals surface area contributed by atoms with Crippen molar-refractivity contribution in [2.75, 3.05) is 0 Å². The van der Waals surface area contributed by atoms with Crippen LogP contribution in [0.25, 0.3) is 0 Å². The molecule has 0 saturated heterocycles. The van der Waals surface area contributed by atoms with Gasteiger partial charge < -0.3 is 9.52 Å². The topological polar surface area (TPSA) is 96.6 Å². The average molecular weight is 315 g/mol. The highest BCUT2D eigenvalue weighted by molar-refractivity contribution is 7.91. The molecular weight excluding hydrogens is 302 g/mol. The number of carboxylic acids is 1. The van der Waals surface area contributed by atoms with Gasteiger partial charge in [-0.2, -0.15) is 0 Å². The molecule has 0 spiro atoms. The van der Waals surface area contributed by atoms with Crippen LogP contribution in [0.3, 0.4) is 0 Å². The minimum Gasteiger partial charge on any atom is -0.478 e. The summed E-state index contributed by atoms with van der Waals surface area (Å²) in [6.07, 6.45) is 1.22. The molecule has 0 unspecified atom stereocenters. The maximum atomic E-state index is 12.2. The predicted octanol–water partition coefficient (Wildman–Crippen LogP) is 2.13. The van der Waals surface area contributed by atoms with Crippen molar-refractivity contribution >= 4 is 27.3 Å². The van der Waals surface area contributed by atoms with Crippen LogP contribution in [0.5, 0.6) is 0 Å². The number of sulfonamides is 1. The van der Waals surface area contributed by atoms with E-state index in [1.807, 2.05) is 6.92 Å². The Balaban J connectivity index is 2.20. The van der Waals surface area contributed by atoms with E-state index >= 15 is 0 Å². The molecule has 0 aliphatic carbocycles. The molecule has 6 nitrogen and oxygen atoms in total. The molecule has 0 atom stereocenters. The third-order valence-corrected chi connectivity index (χ3v) is 5.83. The van der Waals surface area contributed by atoms with Crippen molar-refractivity contribution in [2.24, 2.45) is 0 Å². The lowest BCUT2D eigenvalue weighted by Gasteiger charge is -2.05. The van der Waals surface area contributed by atoms with E-state index in [1.165, 1.54) is 23.7 Å². The third kappa shape index (κ3) is 2.92. The van der Waals surface area contributed by atoms with Crippen LogP contribution in [0.2, 0.25) is 0 Å². The van der Waals surface area contributed by atoms with Crippen LogP contribution in [-0.2, 0) is 16.6 Å². The van der Waals surface area contributed by atoms with Crippen LogP contribution >= 0.6 is 11.3 Å². The molecule has 2 aromatic rings. The highest BCUT2D eigenvalue weighted by atomic mass is 32.2. The maximum Gasteiger partial charge on any atom is 0.339 e. The zero-order valence-corrected chi connectivity index (χ0v) is 12.5. The SMILES string of the molecule is Cc1cc(C)c(S(=O)(=O)NCc2occc2C(=O)O)s1. The fourth-order valence-corrected chi connectivity index (χ4v) is 4.47. The summed E-state index contributed by atoms with van der Waals surface area (Å²) in [4.78, 5) is 11.8. The number of aromatic carboxylic acids is 1. The number of carbonyl (C=O) groups is 1. The Hall–Kier alpha value is -1.64. The third-order valence-electron chi connectivity index (χ3n) is 2.64. The molecule has 0 saturated carbocycles. The number of rotatable bonds is 5. The van der Waals surface area contributed by atoms with E-state index in [4.69, 9.17) is 9.52 Å². The molecule has 2 heterocycles. The fraction of sp³-hybridized carbons (Fsp3) is 0.250. The first kappa shape index (κ1) is 14.8. The average Bonchev–Trinajstić information content (AvgIpc) is 2.93. The summed E-state index contributed by atoms with van der Waals surface area (Å²) in [7, 11) is -3.67. The number of furan rings is 1. The summed E-state index contributed by atoms with van der Waals surface area (Å²) in [6.45, 7) is 3.34. The monoisotopic (exact) mass is 315 g/mol. The molecular formula is C12H13NO5S2. The summed E-state index contributed by atoms with van der Waals surface area (Å²) < 4.78 is 31.9. The minimum atomic E-state index is -3.67. The molecule has 0 aliphatic rings. The predicted molar refractivity (Wildman–Crippen MR) is 73.5 cm³/mol. The summed E-state index contributed by atoms with van der Waals surface area (Å²) in [5.74, 6) is -1.08. The van der Waals surface area contributed by atoms with Gasteiger partial charge in [0.2, 0.25) is 0 Å². The van der Waals surface area contributed by atoms with Crippen LogP contribution in [0.15, 0.2) is 27.0 Å². The lowest BCUT2D eigenvalue weighted by atomic mass is 10.2. The van der Waals surface area contributed by atoms with Crippen molar-refractivity contribution in [3.63, 3.8) is 0 Å². The van der Waals surface area contributed by atoms with Gasteiger partial charge in [0.15, 0.2) is 0 Å². The number of carboxylic acid groups (broad SMARTS) is 1. The van der Waals surface area contributed by atoms with E-state index in [0.717, 1.165) is 4.88 Å². The fourth-order valence-electron chi connectivity index (χ4n) is 1.78. The summed E-state index contributed by atoms with van der Waals surface area (Å²) in [5.41, 5.74) is 0.615. The normalized spacial score (nSPS) is 11.7. The van der Waals surface area contributed by atoms with Crippen molar-refractivity contribution in [1.82, 2.24) is 4.72 Å². The molecule has 0 radical (unpaired) electrons. The number of hydrogen-bond donors (Lipinski definition) is 2. The number of thiophene rings is 1. The molecule has 8 heteroatoms. The second kappa shape index (κ2) is 5.39. The quantitative estimate of drug-likeness (QED) is 0.881. The Bertz CT molecular complexity index is 742. The van der Waals surface area contributed by atoms with Gasteiger partial charge in [0.1, 0.15) is 15.5 Å². The van der Waals surface area contributed by atoms with E-state index in [1.54, 1.807) is 13.0 Å². The lowest BCUT2D eigenvalue weighted by Crippen LogP contribution is -2.23. The van der Waals surface area contributed by atoms with Crippen LogP contribution < -0.4 is 4.72 Å². The van der Waals surface area contributed by atoms with E-state index in [2.05, 4.69) is 4.72 Å². The van der Waals surface area contributed by atoms with Gasteiger partial charge in [-0.3, -0.25) is 0 Å². The smallest absolute Gasteiger partial charge is 0.339 e. The van der Waals surface area contributed by atoms with Crippen molar-refractivity contribution in [2.45, 2.75) is 24.6 Å². The first-order chi connectivity index (χ1) is 9.31. The van der Waals surface area contributed by atoms with E-state index in [0.29, 0.717) is 5.56 Å².